The maximum Gasteiger partial charge on any atom is 0.230 e. The molecule has 1 aliphatic heterocycles. The van der Waals surface area contributed by atoms with Crippen molar-refractivity contribution in [3.05, 3.63) is 34.3 Å². The molecule has 1 aromatic carbocycles. The van der Waals surface area contributed by atoms with Crippen molar-refractivity contribution < 1.29 is 9.53 Å². The van der Waals surface area contributed by atoms with Crippen molar-refractivity contribution >= 4 is 41.2 Å². The monoisotopic (exact) mass is 367 g/mol. The number of aromatic nitrogens is 2. The molecule has 3 rings (SSSR count). The Bertz CT molecular complexity index is 708. The van der Waals surface area contributed by atoms with Crippen molar-refractivity contribution in [2.45, 2.75) is 23.3 Å². The third-order valence-electron chi connectivity index (χ3n) is 3.41. The molecule has 122 valence electrons. The molecule has 2 aromatic rings. The molecule has 0 unspecified atom stereocenters. The molecule has 1 N–H and O–H groups in total. The van der Waals surface area contributed by atoms with Crippen LogP contribution in [0.4, 0.5) is 0 Å². The van der Waals surface area contributed by atoms with E-state index in [0.29, 0.717) is 16.3 Å². The van der Waals surface area contributed by atoms with Crippen LogP contribution in [0.3, 0.4) is 0 Å². The highest BCUT2D eigenvalue weighted by molar-refractivity contribution is 8.01. The van der Waals surface area contributed by atoms with Crippen LogP contribution in [0.2, 0.25) is 0 Å². The second-order valence-electron chi connectivity index (χ2n) is 5.11. The summed E-state index contributed by atoms with van der Waals surface area (Å²) in [6.07, 6.45) is 2.27. The fraction of sp³-hybridized carbons (Fsp3) is 0.400. The quantitative estimate of drug-likeness (QED) is 0.628. The number of carbonyl (C=O) groups is 1. The summed E-state index contributed by atoms with van der Waals surface area (Å²) in [7, 11) is 0. The number of hydrogen-bond acceptors (Lipinski definition) is 6. The molecule has 0 bridgehead atoms. The molecule has 1 atom stereocenters. The number of carbonyl (C=O) groups excluding carboxylic acids is 1. The number of thioether (sulfide) groups is 1. The van der Waals surface area contributed by atoms with Gasteiger partial charge in [-0.1, -0.05) is 41.3 Å². The summed E-state index contributed by atoms with van der Waals surface area (Å²) in [4.78, 5) is 11.9. The van der Waals surface area contributed by atoms with Crippen molar-refractivity contribution in [2.75, 3.05) is 18.9 Å². The molecule has 0 aliphatic carbocycles. The van der Waals surface area contributed by atoms with E-state index in [-0.39, 0.29) is 12.0 Å². The molecule has 1 aromatic heterocycles. The number of benzene rings is 1. The van der Waals surface area contributed by atoms with E-state index < -0.39 is 0 Å². The largest absolute Gasteiger partial charge is 0.376 e. The predicted octanol–water partition coefficient (Wildman–Crippen LogP) is 3.05. The van der Waals surface area contributed by atoms with E-state index in [1.165, 1.54) is 23.1 Å². The first-order valence-electron chi connectivity index (χ1n) is 7.39. The van der Waals surface area contributed by atoms with E-state index in [2.05, 4.69) is 10.4 Å². The molecule has 0 radical (unpaired) electrons. The van der Waals surface area contributed by atoms with Gasteiger partial charge in [-0.05, 0) is 37.2 Å². The standard InChI is InChI=1S/C15H17N3O2S3/c19-13(16-9-12-7-4-8-20-12)10-22-14-17-18(15(21)23-14)11-5-2-1-3-6-11/h1-3,5-6,12H,4,7-10H2,(H,16,19)/t12-/m1/s1. The third-order valence-corrected chi connectivity index (χ3v) is 5.77. The summed E-state index contributed by atoms with van der Waals surface area (Å²) < 4.78 is 8.69. The van der Waals surface area contributed by atoms with Gasteiger partial charge >= 0.3 is 0 Å². The minimum absolute atomic E-state index is 0.00196. The Labute approximate surface area is 148 Å². The molecular formula is C15H17N3O2S3. The summed E-state index contributed by atoms with van der Waals surface area (Å²) in [5.74, 6) is 0.335. The van der Waals surface area contributed by atoms with Crippen LogP contribution in [-0.4, -0.2) is 40.7 Å². The molecule has 0 spiro atoms. The smallest absolute Gasteiger partial charge is 0.230 e. The molecule has 5 nitrogen and oxygen atoms in total. The Morgan fingerprint density at radius 2 is 2.30 bits per heavy atom. The van der Waals surface area contributed by atoms with E-state index in [0.717, 1.165) is 29.5 Å². The van der Waals surface area contributed by atoms with Crippen molar-refractivity contribution in [1.82, 2.24) is 15.1 Å². The maximum absolute atomic E-state index is 11.9. The minimum Gasteiger partial charge on any atom is -0.376 e. The lowest BCUT2D eigenvalue weighted by atomic mass is 10.2. The van der Waals surface area contributed by atoms with E-state index in [1.807, 2.05) is 30.3 Å². The van der Waals surface area contributed by atoms with Crippen LogP contribution in [0.15, 0.2) is 34.7 Å². The molecule has 0 saturated carbocycles. The van der Waals surface area contributed by atoms with E-state index >= 15 is 0 Å². The Kier molecular flexibility index (Phi) is 5.82. The van der Waals surface area contributed by atoms with Gasteiger partial charge in [0.15, 0.2) is 8.29 Å². The van der Waals surface area contributed by atoms with E-state index in [9.17, 15) is 4.79 Å². The zero-order chi connectivity index (χ0) is 16.1. The van der Waals surface area contributed by atoms with Crippen LogP contribution in [0, 0.1) is 3.95 Å². The van der Waals surface area contributed by atoms with Crippen LogP contribution in [0.5, 0.6) is 0 Å². The van der Waals surface area contributed by atoms with Gasteiger partial charge in [0.05, 0.1) is 17.5 Å². The number of para-hydroxylation sites is 1. The second kappa shape index (κ2) is 8.05. The highest BCUT2D eigenvalue weighted by Gasteiger charge is 2.16. The Morgan fingerprint density at radius 1 is 1.48 bits per heavy atom. The molecule has 1 fully saturated rings. The maximum atomic E-state index is 11.9. The number of nitrogens with one attached hydrogen (secondary N) is 1. The van der Waals surface area contributed by atoms with Crippen LogP contribution in [-0.2, 0) is 9.53 Å². The van der Waals surface area contributed by atoms with Gasteiger partial charge in [0.25, 0.3) is 0 Å². The highest BCUT2D eigenvalue weighted by atomic mass is 32.2. The number of nitrogens with zero attached hydrogens (tertiary/aromatic N) is 2. The van der Waals surface area contributed by atoms with Crippen molar-refractivity contribution in [3.63, 3.8) is 0 Å². The molecule has 2 heterocycles. The lowest BCUT2D eigenvalue weighted by Gasteiger charge is -2.09. The van der Waals surface area contributed by atoms with Crippen LogP contribution < -0.4 is 5.32 Å². The average Bonchev–Trinajstić information content (AvgIpc) is 3.21. The van der Waals surface area contributed by atoms with Crippen molar-refractivity contribution in [2.24, 2.45) is 0 Å². The zero-order valence-electron chi connectivity index (χ0n) is 12.4. The molecule has 8 heteroatoms. The summed E-state index contributed by atoms with van der Waals surface area (Å²) in [5, 5.41) is 7.39. The SMILES string of the molecule is O=C(CSc1nn(-c2ccccc2)c(=S)s1)NC[C@H]1CCCO1. The van der Waals surface area contributed by atoms with Crippen LogP contribution >= 0.6 is 35.3 Å². The molecule has 1 aliphatic rings. The van der Waals surface area contributed by atoms with Crippen molar-refractivity contribution in [1.29, 1.82) is 0 Å². The normalized spacial score (nSPS) is 17.3. The van der Waals surface area contributed by atoms with Gasteiger partial charge in [-0.2, -0.15) is 0 Å². The second-order valence-corrected chi connectivity index (χ2v) is 7.95. The van der Waals surface area contributed by atoms with Gasteiger partial charge in [0.1, 0.15) is 0 Å². The number of amides is 1. The first-order valence-corrected chi connectivity index (χ1v) is 9.60. The van der Waals surface area contributed by atoms with Gasteiger partial charge in [0, 0.05) is 13.2 Å². The third kappa shape index (κ3) is 4.63. The van der Waals surface area contributed by atoms with Crippen LogP contribution in [0.25, 0.3) is 5.69 Å². The minimum atomic E-state index is -0.00196. The Morgan fingerprint density at radius 3 is 3.04 bits per heavy atom. The first kappa shape index (κ1) is 16.6. The average molecular weight is 368 g/mol. The summed E-state index contributed by atoms with van der Waals surface area (Å²) in [6, 6.07) is 9.76. The first-order chi connectivity index (χ1) is 11.2. The summed E-state index contributed by atoms with van der Waals surface area (Å²) in [6.45, 7) is 1.39. The summed E-state index contributed by atoms with van der Waals surface area (Å²) >= 11 is 8.17. The van der Waals surface area contributed by atoms with Gasteiger partial charge < -0.3 is 10.1 Å². The molecule has 23 heavy (non-hydrogen) atoms. The van der Waals surface area contributed by atoms with Gasteiger partial charge in [-0.25, -0.2) is 4.68 Å². The Hall–Kier alpha value is -1.22. The predicted molar refractivity (Wildman–Crippen MR) is 95.0 cm³/mol. The zero-order valence-corrected chi connectivity index (χ0v) is 14.9. The van der Waals surface area contributed by atoms with E-state index in [1.54, 1.807) is 4.68 Å². The van der Waals surface area contributed by atoms with Gasteiger partial charge in [-0.3, -0.25) is 4.79 Å². The van der Waals surface area contributed by atoms with Crippen LogP contribution in [0.1, 0.15) is 12.8 Å². The highest BCUT2D eigenvalue weighted by Crippen LogP contribution is 2.23. The lowest BCUT2D eigenvalue weighted by Crippen LogP contribution is -2.32. The molecular weight excluding hydrogens is 350 g/mol. The van der Waals surface area contributed by atoms with Gasteiger partial charge in [-0.15, -0.1) is 5.10 Å². The van der Waals surface area contributed by atoms with Crippen molar-refractivity contribution in [3.8, 4) is 5.69 Å². The summed E-state index contributed by atoms with van der Waals surface area (Å²) in [5.41, 5.74) is 0.934. The number of hydrogen-bond donors (Lipinski definition) is 1. The fourth-order valence-corrected chi connectivity index (χ4v) is 4.45. The number of ether oxygens (including phenoxy) is 1. The van der Waals surface area contributed by atoms with Gasteiger partial charge in [0.2, 0.25) is 5.91 Å². The van der Waals surface area contributed by atoms with E-state index in [4.69, 9.17) is 17.0 Å². The number of rotatable bonds is 6. The fourth-order valence-electron chi connectivity index (χ4n) is 2.26. The lowest BCUT2D eigenvalue weighted by molar-refractivity contribution is -0.119. The topological polar surface area (TPSA) is 56.2 Å². The Balaban J connectivity index is 1.52. The molecule has 1 amide bonds. The molecule has 1 saturated heterocycles.